The van der Waals surface area contributed by atoms with Crippen LogP contribution in [-0.2, 0) is 4.79 Å². The van der Waals surface area contributed by atoms with Crippen LogP contribution in [0.5, 0.6) is 0 Å². The molecule has 0 aliphatic heterocycles. The van der Waals surface area contributed by atoms with Crippen LogP contribution in [0.4, 0.5) is 13.2 Å². The van der Waals surface area contributed by atoms with E-state index in [1.165, 1.54) is 45.2 Å². The number of carbonyl (C=O) groups excluding carboxylic acids is 1. The molecule has 9 heavy (non-hydrogen) atoms. The first kappa shape index (κ1) is 9.92. The Balaban J connectivity index is 4.06. The number of hydrogen-bond donors (Lipinski definition) is 0. The van der Waals surface area contributed by atoms with Crippen LogP contribution in [-0.4, -0.2) is 13.9 Å². The second-order valence-electron chi connectivity index (χ2n) is 1.16. The van der Waals surface area contributed by atoms with E-state index in [0.717, 1.165) is 0 Å². The van der Waals surface area contributed by atoms with Crippen LogP contribution in [0.1, 0.15) is 0 Å². The molecule has 0 amide bonds. The van der Waals surface area contributed by atoms with Gasteiger partial charge in [-0.25, -0.2) is 0 Å². The summed E-state index contributed by atoms with van der Waals surface area (Å²) in [5.74, 6) is -1.69. The molecule has 6 heteroatoms. The summed E-state index contributed by atoms with van der Waals surface area (Å²) in [7, 11) is 0. The van der Waals surface area contributed by atoms with E-state index in [4.69, 9.17) is 0 Å². The summed E-state index contributed by atoms with van der Waals surface area (Å²) in [5, 5.41) is 0. The first-order chi connectivity index (χ1) is 3.85. The summed E-state index contributed by atoms with van der Waals surface area (Å²) in [6.07, 6.45) is -4.67. The number of halogens is 5. The molecule has 0 aromatic heterocycles. The lowest BCUT2D eigenvalue weighted by molar-refractivity contribution is -0.168. The Hall–Kier alpha value is 0.920. The molecule has 0 aromatic carbocycles. The van der Waals surface area contributed by atoms with Gasteiger partial charge in [-0.1, -0.05) is 45.2 Å². The number of Topliss-reactive ketones (excluding diaryl/α,β-unsaturated/α-hetero) is 1. The first-order valence-electron chi connectivity index (χ1n) is 1.75. The van der Waals surface area contributed by atoms with Gasteiger partial charge in [-0.05, 0) is 0 Å². The molecule has 0 bridgehead atoms. The highest BCUT2D eigenvalue weighted by molar-refractivity contribution is 14.2. The minimum atomic E-state index is -4.67. The molecule has 0 fully saturated rings. The van der Waals surface area contributed by atoms with Gasteiger partial charge in [0, 0.05) is 0 Å². The van der Waals surface area contributed by atoms with Gasteiger partial charge in [0.25, 0.3) is 5.78 Å². The molecule has 0 radical (unpaired) electrons. The molecule has 0 saturated heterocycles. The van der Waals surface area contributed by atoms with Crippen LogP contribution < -0.4 is 0 Å². The van der Waals surface area contributed by atoms with Gasteiger partial charge >= 0.3 is 6.18 Å². The fourth-order valence-electron chi connectivity index (χ4n) is 0.124. The van der Waals surface area contributed by atoms with Crippen molar-refractivity contribution in [2.75, 3.05) is 0 Å². The summed E-state index contributed by atoms with van der Waals surface area (Å²) < 4.78 is 33.0. The quantitative estimate of drug-likeness (QED) is 0.516. The number of alkyl halides is 5. The van der Waals surface area contributed by atoms with Crippen molar-refractivity contribution < 1.29 is 18.0 Å². The standard InChI is InChI=1S/C3HF3I2O/c4-3(5,6)1(9)2(7)8/h2H. The molecule has 0 saturated carbocycles. The highest BCUT2D eigenvalue weighted by Gasteiger charge is 2.41. The first-order valence-corrected chi connectivity index (χ1v) is 4.24. The van der Waals surface area contributed by atoms with Crippen molar-refractivity contribution in [2.45, 2.75) is 8.11 Å². The van der Waals surface area contributed by atoms with Gasteiger partial charge in [0.15, 0.2) is 0 Å². The van der Waals surface area contributed by atoms with Crippen molar-refractivity contribution in [3.05, 3.63) is 0 Å². The van der Waals surface area contributed by atoms with Gasteiger partial charge in [0.1, 0.15) is 1.93 Å². The third-order valence-corrected chi connectivity index (χ3v) is 1.61. The van der Waals surface area contributed by atoms with E-state index in [1.54, 1.807) is 0 Å². The number of rotatable bonds is 1. The Morgan fingerprint density at radius 3 is 1.67 bits per heavy atom. The van der Waals surface area contributed by atoms with Gasteiger partial charge in [-0.3, -0.25) is 4.79 Å². The summed E-state index contributed by atoms with van der Waals surface area (Å²) in [6.45, 7) is 0. The van der Waals surface area contributed by atoms with Crippen LogP contribution in [0.15, 0.2) is 0 Å². The van der Waals surface area contributed by atoms with Gasteiger partial charge in [0.2, 0.25) is 0 Å². The van der Waals surface area contributed by atoms with E-state index >= 15 is 0 Å². The molecule has 0 atom stereocenters. The molecular weight excluding hydrogens is 363 g/mol. The monoisotopic (exact) mass is 364 g/mol. The predicted octanol–water partition coefficient (Wildman–Crippen LogP) is 2.31. The average molecular weight is 364 g/mol. The minimum absolute atomic E-state index is 1.01. The van der Waals surface area contributed by atoms with Crippen LogP contribution in [0.3, 0.4) is 0 Å². The molecule has 0 aromatic rings. The van der Waals surface area contributed by atoms with Crippen molar-refractivity contribution in [2.24, 2.45) is 0 Å². The third kappa shape index (κ3) is 3.58. The summed E-state index contributed by atoms with van der Waals surface area (Å²) >= 11 is 2.82. The maximum absolute atomic E-state index is 11.3. The zero-order valence-electron chi connectivity index (χ0n) is 3.88. The third-order valence-electron chi connectivity index (χ3n) is 0.478. The normalized spacial score (nSPS) is 12.2. The van der Waals surface area contributed by atoms with E-state index in [2.05, 4.69) is 0 Å². The number of carbonyl (C=O) groups is 1. The van der Waals surface area contributed by atoms with Crippen molar-refractivity contribution >= 4 is 51.0 Å². The van der Waals surface area contributed by atoms with E-state index < -0.39 is 13.9 Å². The zero-order chi connectivity index (χ0) is 7.65. The minimum Gasteiger partial charge on any atom is -0.287 e. The molecule has 1 nitrogen and oxygen atoms in total. The lowest BCUT2D eigenvalue weighted by Gasteiger charge is -2.03. The van der Waals surface area contributed by atoms with E-state index in [0.29, 0.717) is 0 Å². The molecule has 0 N–H and O–H groups in total. The molecule has 54 valence electrons. The molecule has 0 unspecified atom stereocenters. The van der Waals surface area contributed by atoms with Crippen molar-refractivity contribution in [1.29, 1.82) is 0 Å². The highest BCUT2D eigenvalue weighted by Crippen LogP contribution is 2.24. The topological polar surface area (TPSA) is 17.1 Å². The lowest BCUT2D eigenvalue weighted by Crippen LogP contribution is -2.27. The maximum Gasteiger partial charge on any atom is 0.451 e. The Morgan fingerprint density at radius 1 is 1.33 bits per heavy atom. The second-order valence-corrected chi connectivity index (χ2v) is 6.04. The van der Waals surface area contributed by atoms with E-state index in [-0.39, 0.29) is 0 Å². The van der Waals surface area contributed by atoms with Gasteiger partial charge in [-0.15, -0.1) is 0 Å². The summed E-state index contributed by atoms with van der Waals surface area (Å²) in [4.78, 5) is 10.0. The molecule has 0 aliphatic rings. The molecule has 0 spiro atoms. The second kappa shape index (κ2) is 3.35. The molecule has 0 aliphatic carbocycles. The SMILES string of the molecule is O=C(C(I)I)C(F)(F)F. The van der Waals surface area contributed by atoms with Crippen LogP contribution in [0.2, 0.25) is 0 Å². The smallest absolute Gasteiger partial charge is 0.287 e. The maximum atomic E-state index is 11.3. The Labute approximate surface area is 76.7 Å². The highest BCUT2D eigenvalue weighted by atomic mass is 127. The fraction of sp³-hybridized carbons (Fsp3) is 0.667. The Kier molecular flexibility index (Phi) is 3.69. The van der Waals surface area contributed by atoms with Crippen LogP contribution in [0.25, 0.3) is 0 Å². The van der Waals surface area contributed by atoms with Crippen LogP contribution >= 0.6 is 45.2 Å². The Bertz CT molecular complexity index is 119. The molecule has 0 rings (SSSR count). The van der Waals surface area contributed by atoms with Crippen LogP contribution in [0, 0.1) is 0 Å². The molecule has 0 heterocycles. The average Bonchev–Trinajstić information content (AvgIpc) is 1.62. The van der Waals surface area contributed by atoms with E-state index in [9.17, 15) is 18.0 Å². The number of ketones is 1. The van der Waals surface area contributed by atoms with Gasteiger partial charge in [0.05, 0.1) is 0 Å². The number of hydrogen-bond acceptors (Lipinski definition) is 1. The molecular formula is C3HF3I2O. The Morgan fingerprint density at radius 2 is 1.67 bits per heavy atom. The van der Waals surface area contributed by atoms with Gasteiger partial charge in [-0.2, -0.15) is 13.2 Å². The predicted molar refractivity (Wildman–Crippen MR) is 42.9 cm³/mol. The van der Waals surface area contributed by atoms with Crippen molar-refractivity contribution in [1.82, 2.24) is 0 Å². The summed E-state index contributed by atoms with van der Waals surface area (Å²) in [6, 6.07) is 0. The largest absolute Gasteiger partial charge is 0.451 e. The van der Waals surface area contributed by atoms with E-state index in [1.807, 2.05) is 0 Å². The zero-order valence-corrected chi connectivity index (χ0v) is 8.19. The van der Waals surface area contributed by atoms with Gasteiger partial charge < -0.3 is 0 Å². The fourth-order valence-corrected chi connectivity index (χ4v) is 0.830. The summed E-state index contributed by atoms with van der Waals surface area (Å²) in [5.41, 5.74) is 0. The van der Waals surface area contributed by atoms with Crippen molar-refractivity contribution in [3.63, 3.8) is 0 Å². The van der Waals surface area contributed by atoms with Crippen molar-refractivity contribution in [3.8, 4) is 0 Å². The lowest BCUT2D eigenvalue weighted by atomic mass is 10.4.